The second-order valence-electron chi connectivity index (χ2n) is 5.01. The molecule has 0 fully saturated rings. The number of nitrogens with zero attached hydrogens (tertiary/aromatic N) is 1. The van der Waals surface area contributed by atoms with Crippen molar-refractivity contribution in [2.45, 2.75) is 31.8 Å². The Balaban J connectivity index is 2.48. The molecule has 108 valence electrons. The topological polar surface area (TPSA) is 58.7 Å². The summed E-state index contributed by atoms with van der Waals surface area (Å²) in [6, 6.07) is 7.97. The summed E-state index contributed by atoms with van der Waals surface area (Å²) in [5.41, 5.74) is 6.01. The average molecular weight is 266 g/mol. The van der Waals surface area contributed by atoms with Crippen LogP contribution in [-0.4, -0.2) is 38.0 Å². The summed E-state index contributed by atoms with van der Waals surface area (Å²) in [7, 11) is 3.71. The van der Waals surface area contributed by atoms with Crippen LogP contribution in [0.1, 0.15) is 26.2 Å². The van der Waals surface area contributed by atoms with Crippen molar-refractivity contribution < 1.29 is 9.84 Å². The van der Waals surface area contributed by atoms with E-state index < -0.39 is 5.60 Å². The third-order valence-electron chi connectivity index (χ3n) is 3.67. The molecule has 1 atom stereocenters. The van der Waals surface area contributed by atoms with Gasteiger partial charge in [-0.15, -0.1) is 0 Å². The van der Waals surface area contributed by atoms with E-state index in [2.05, 4.69) is 11.0 Å². The predicted octanol–water partition coefficient (Wildman–Crippen LogP) is 2.01. The maximum absolute atomic E-state index is 10.1. The zero-order valence-electron chi connectivity index (χ0n) is 12.2. The molecule has 4 heteroatoms. The minimum absolute atomic E-state index is 0.326. The summed E-state index contributed by atoms with van der Waals surface area (Å²) in [5.74, 6) is 0.858. The van der Waals surface area contributed by atoms with E-state index >= 15 is 0 Å². The number of hydrogen-bond donors (Lipinski definition) is 2. The molecule has 1 rings (SSSR count). The van der Waals surface area contributed by atoms with Gasteiger partial charge < -0.3 is 20.5 Å². The zero-order valence-corrected chi connectivity index (χ0v) is 12.2. The molecular formula is C15H26N2O2. The molecule has 0 aliphatic rings. The van der Waals surface area contributed by atoms with Gasteiger partial charge >= 0.3 is 0 Å². The van der Waals surface area contributed by atoms with Crippen LogP contribution in [0, 0.1) is 0 Å². The maximum atomic E-state index is 10.1. The average Bonchev–Trinajstić information content (AvgIpc) is 2.46. The highest BCUT2D eigenvalue weighted by molar-refractivity contribution is 5.49. The van der Waals surface area contributed by atoms with Gasteiger partial charge in [0.05, 0.1) is 12.7 Å². The predicted molar refractivity (Wildman–Crippen MR) is 79.8 cm³/mol. The number of methoxy groups -OCH3 is 1. The molecule has 0 spiro atoms. The summed E-state index contributed by atoms with van der Waals surface area (Å²) in [6.45, 7) is 3.18. The molecule has 0 aromatic heterocycles. The Morgan fingerprint density at radius 3 is 2.74 bits per heavy atom. The van der Waals surface area contributed by atoms with Crippen LogP contribution in [0.2, 0.25) is 0 Å². The van der Waals surface area contributed by atoms with Gasteiger partial charge in [0, 0.05) is 31.9 Å². The SMILES string of the molecule is CCC(O)(CN)CCCN(C)c1cccc(OC)c1. The minimum atomic E-state index is -0.713. The molecule has 0 heterocycles. The fourth-order valence-corrected chi connectivity index (χ4v) is 2.05. The summed E-state index contributed by atoms with van der Waals surface area (Å²) in [6.07, 6.45) is 2.34. The number of anilines is 1. The fourth-order valence-electron chi connectivity index (χ4n) is 2.05. The summed E-state index contributed by atoms with van der Waals surface area (Å²) >= 11 is 0. The number of ether oxygens (including phenoxy) is 1. The van der Waals surface area contributed by atoms with Crippen molar-refractivity contribution in [1.29, 1.82) is 0 Å². The normalized spacial score (nSPS) is 13.9. The molecule has 3 N–H and O–H groups in total. The lowest BCUT2D eigenvalue weighted by Crippen LogP contribution is -2.37. The third kappa shape index (κ3) is 4.73. The molecule has 0 bridgehead atoms. The first-order valence-electron chi connectivity index (χ1n) is 6.82. The van der Waals surface area contributed by atoms with E-state index in [0.29, 0.717) is 13.0 Å². The van der Waals surface area contributed by atoms with Crippen LogP contribution in [0.25, 0.3) is 0 Å². The second kappa shape index (κ2) is 7.36. The van der Waals surface area contributed by atoms with Crippen molar-refractivity contribution in [1.82, 2.24) is 0 Å². The number of hydrogen-bond acceptors (Lipinski definition) is 4. The Morgan fingerprint density at radius 2 is 2.16 bits per heavy atom. The van der Waals surface area contributed by atoms with Crippen molar-refractivity contribution in [3.8, 4) is 5.75 Å². The number of benzene rings is 1. The van der Waals surface area contributed by atoms with E-state index in [4.69, 9.17) is 10.5 Å². The second-order valence-corrected chi connectivity index (χ2v) is 5.01. The lowest BCUT2D eigenvalue weighted by molar-refractivity contribution is 0.0350. The van der Waals surface area contributed by atoms with Gasteiger partial charge in [-0.3, -0.25) is 0 Å². The Labute approximate surface area is 116 Å². The first-order chi connectivity index (χ1) is 9.04. The molecule has 0 aliphatic carbocycles. The smallest absolute Gasteiger partial charge is 0.120 e. The van der Waals surface area contributed by atoms with Gasteiger partial charge in [-0.05, 0) is 31.4 Å². The van der Waals surface area contributed by atoms with E-state index in [1.54, 1.807) is 7.11 Å². The quantitative estimate of drug-likeness (QED) is 0.755. The van der Waals surface area contributed by atoms with Crippen LogP contribution in [0.4, 0.5) is 5.69 Å². The van der Waals surface area contributed by atoms with Crippen molar-refractivity contribution in [3.05, 3.63) is 24.3 Å². The number of rotatable bonds is 8. The Bertz CT molecular complexity index is 378. The van der Waals surface area contributed by atoms with E-state index in [1.807, 2.05) is 32.2 Å². The van der Waals surface area contributed by atoms with Crippen LogP contribution < -0.4 is 15.4 Å². The van der Waals surface area contributed by atoms with Crippen molar-refractivity contribution in [2.24, 2.45) is 5.73 Å². The van der Waals surface area contributed by atoms with Crippen LogP contribution in [0.15, 0.2) is 24.3 Å². The highest BCUT2D eigenvalue weighted by atomic mass is 16.5. The van der Waals surface area contributed by atoms with E-state index in [-0.39, 0.29) is 0 Å². The Hall–Kier alpha value is -1.26. The number of aliphatic hydroxyl groups is 1. The van der Waals surface area contributed by atoms with Crippen LogP contribution in [-0.2, 0) is 0 Å². The summed E-state index contributed by atoms with van der Waals surface area (Å²) in [4.78, 5) is 2.16. The van der Waals surface area contributed by atoms with Gasteiger partial charge in [-0.1, -0.05) is 13.0 Å². The molecule has 19 heavy (non-hydrogen) atoms. The summed E-state index contributed by atoms with van der Waals surface area (Å²) < 4.78 is 5.22. The largest absolute Gasteiger partial charge is 0.497 e. The van der Waals surface area contributed by atoms with Gasteiger partial charge in [0.2, 0.25) is 0 Å². The highest BCUT2D eigenvalue weighted by Gasteiger charge is 2.21. The van der Waals surface area contributed by atoms with Crippen LogP contribution in [0.3, 0.4) is 0 Å². The lowest BCUT2D eigenvalue weighted by atomic mass is 9.95. The van der Waals surface area contributed by atoms with Crippen molar-refractivity contribution >= 4 is 5.69 Å². The standard InChI is InChI=1S/C15H26N2O2/c1-4-15(18,12-16)9-6-10-17(2)13-7-5-8-14(11-13)19-3/h5,7-8,11,18H,4,6,9-10,12,16H2,1-3H3. The van der Waals surface area contributed by atoms with E-state index in [1.165, 1.54) is 0 Å². The van der Waals surface area contributed by atoms with Crippen molar-refractivity contribution in [3.63, 3.8) is 0 Å². The molecule has 1 aromatic rings. The molecular weight excluding hydrogens is 240 g/mol. The summed E-state index contributed by atoms with van der Waals surface area (Å²) in [5, 5.41) is 10.1. The molecule has 0 saturated heterocycles. The monoisotopic (exact) mass is 266 g/mol. The molecule has 4 nitrogen and oxygen atoms in total. The van der Waals surface area contributed by atoms with Gasteiger partial charge in [-0.25, -0.2) is 0 Å². The highest BCUT2D eigenvalue weighted by Crippen LogP contribution is 2.21. The van der Waals surface area contributed by atoms with Gasteiger partial charge in [0.15, 0.2) is 0 Å². The molecule has 1 aromatic carbocycles. The molecule has 0 saturated carbocycles. The first-order valence-corrected chi connectivity index (χ1v) is 6.82. The maximum Gasteiger partial charge on any atom is 0.120 e. The van der Waals surface area contributed by atoms with Gasteiger partial charge in [0.25, 0.3) is 0 Å². The molecule has 0 amide bonds. The van der Waals surface area contributed by atoms with Gasteiger partial charge in [0.1, 0.15) is 5.75 Å². The van der Waals surface area contributed by atoms with E-state index in [9.17, 15) is 5.11 Å². The molecule has 0 radical (unpaired) electrons. The fraction of sp³-hybridized carbons (Fsp3) is 0.600. The van der Waals surface area contributed by atoms with Gasteiger partial charge in [-0.2, -0.15) is 0 Å². The van der Waals surface area contributed by atoms with Crippen LogP contribution in [0.5, 0.6) is 5.75 Å². The number of nitrogens with two attached hydrogens (primary N) is 1. The molecule has 1 unspecified atom stereocenters. The minimum Gasteiger partial charge on any atom is -0.497 e. The van der Waals surface area contributed by atoms with E-state index in [0.717, 1.165) is 30.8 Å². The zero-order chi connectivity index (χ0) is 14.3. The van der Waals surface area contributed by atoms with Crippen molar-refractivity contribution in [2.75, 3.05) is 32.1 Å². The Morgan fingerprint density at radius 1 is 1.42 bits per heavy atom. The first kappa shape index (κ1) is 15.8. The molecule has 0 aliphatic heterocycles. The Kier molecular flexibility index (Phi) is 6.12. The van der Waals surface area contributed by atoms with Crippen LogP contribution >= 0.6 is 0 Å². The third-order valence-corrected chi connectivity index (χ3v) is 3.67. The lowest BCUT2D eigenvalue weighted by Gasteiger charge is -2.27.